The molecule has 0 bridgehead atoms. The van der Waals surface area contributed by atoms with Gasteiger partial charge in [-0.1, -0.05) is 13.8 Å². The van der Waals surface area contributed by atoms with Crippen molar-refractivity contribution >= 4 is 5.91 Å². The number of hydrogen-bond acceptors (Lipinski definition) is 3. The van der Waals surface area contributed by atoms with Gasteiger partial charge in [-0.3, -0.25) is 4.79 Å². The Morgan fingerprint density at radius 1 is 1.37 bits per heavy atom. The van der Waals surface area contributed by atoms with Gasteiger partial charge in [0.05, 0.1) is 12.3 Å². The number of carbonyl (C=O) groups excluding carboxylic acids is 1. The van der Waals surface area contributed by atoms with Gasteiger partial charge < -0.3 is 15.5 Å². The van der Waals surface area contributed by atoms with Crippen LogP contribution in [0.3, 0.4) is 0 Å². The molecule has 1 rings (SSSR count). The van der Waals surface area contributed by atoms with Gasteiger partial charge in [0, 0.05) is 6.42 Å². The number of rotatable bonds is 8. The standard InChI is InChI=1S/C15H26N2O2/c1-11(2)13(8-9-16)6-7-15(18)17-12(3)14-5-4-10-19-14/h4-5,10-13H,6-9,16H2,1-3H3,(H,17,18). The molecule has 3 N–H and O–H groups in total. The first-order valence-corrected chi connectivity index (χ1v) is 7.07. The van der Waals surface area contributed by atoms with Crippen LogP contribution in [0.1, 0.15) is 51.8 Å². The molecule has 0 saturated heterocycles. The van der Waals surface area contributed by atoms with E-state index in [4.69, 9.17) is 10.2 Å². The maximum Gasteiger partial charge on any atom is 0.220 e. The third-order valence-electron chi connectivity index (χ3n) is 3.57. The number of nitrogens with one attached hydrogen (secondary N) is 1. The van der Waals surface area contributed by atoms with Crippen molar-refractivity contribution in [1.29, 1.82) is 0 Å². The second-order valence-corrected chi connectivity index (χ2v) is 5.42. The minimum atomic E-state index is -0.0745. The lowest BCUT2D eigenvalue weighted by Gasteiger charge is -2.20. The molecule has 0 aliphatic carbocycles. The number of amides is 1. The van der Waals surface area contributed by atoms with Gasteiger partial charge in [-0.05, 0) is 50.3 Å². The first-order valence-electron chi connectivity index (χ1n) is 7.07. The predicted molar refractivity (Wildman–Crippen MR) is 76.5 cm³/mol. The van der Waals surface area contributed by atoms with E-state index in [9.17, 15) is 4.79 Å². The van der Waals surface area contributed by atoms with Crippen LogP contribution in [-0.4, -0.2) is 12.5 Å². The lowest BCUT2D eigenvalue weighted by molar-refractivity contribution is -0.122. The summed E-state index contributed by atoms with van der Waals surface area (Å²) < 4.78 is 5.27. The van der Waals surface area contributed by atoms with Crippen LogP contribution < -0.4 is 11.1 Å². The largest absolute Gasteiger partial charge is 0.467 e. The summed E-state index contributed by atoms with van der Waals surface area (Å²) in [4.78, 5) is 11.9. The number of nitrogens with two attached hydrogens (primary N) is 1. The van der Waals surface area contributed by atoms with Crippen LogP contribution in [0, 0.1) is 11.8 Å². The summed E-state index contributed by atoms with van der Waals surface area (Å²) in [6.45, 7) is 6.98. The van der Waals surface area contributed by atoms with Crippen molar-refractivity contribution in [2.45, 2.75) is 46.1 Å². The highest BCUT2D eigenvalue weighted by Crippen LogP contribution is 2.20. The molecule has 0 aliphatic rings. The van der Waals surface area contributed by atoms with Gasteiger partial charge in [0.15, 0.2) is 0 Å². The lowest BCUT2D eigenvalue weighted by Crippen LogP contribution is -2.27. The predicted octanol–water partition coefficient (Wildman–Crippen LogP) is 2.86. The maximum atomic E-state index is 11.9. The first kappa shape index (κ1) is 15.8. The first-order chi connectivity index (χ1) is 9.04. The Balaban J connectivity index is 2.34. The molecule has 2 atom stereocenters. The molecule has 108 valence electrons. The number of hydrogen-bond donors (Lipinski definition) is 2. The molecule has 0 aromatic carbocycles. The van der Waals surface area contributed by atoms with Crippen LogP contribution in [0.2, 0.25) is 0 Å². The Kier molecular flexibility index (Phi) is 6.64. The van der Waals surface area contributed by atoms with Crippen molar-refractivity contribution in [2.75, 3.05) is 6.54 Å². The highest BCUT2D eigenvalue weighted by atomic mass is 16.3. The molecule has 1 aromatic rings. The molecule has 1 aromatic heterocycles. The number of furan rings is 1. The maximum absolute atomic E-state index is 11.9. The fourth-order valence-electron chi connectivity index (χ4n) is 2.26. The second-order valence-electron chi connectivity index (χ2n) is 5.42. The van der Waals surface area contributed by atoms with E-state index < -0.39 is 0 Å². The molecule has 0 aliphatic heterocycles. The van der Waals surface area contributed by atoms with E-state index in [1.807, 2.05) is 19.1 Å². The molecule has 0 fully saturated rings. The quantitative estimate of drug-likeness (QED) is 0.760. The SMILES string of the molecule is CC(NC(=O)CCC(CCN)C(C)C)c1ccco1. The van der Waals surface area contributed by atoms with Crippen molar-refractivity contribution in [2.24, 2.45) is 17.6 Å². The molecule has 0 radical (unpaired) electrons. The summed E-state index contributed by atoms with van der Waals surface area (Å²) >= 11 is 0. The Morgan fingerprint density at radius 2 is 2.11 bits per heavy atom. The fourth-order valence-corrected chi connectivity index (χ4v) is 2.26. The van der Waals surface area contributed by atoms with Crippen LogP contribution >= 0.6 is 0 Å². The van der Waals surface area contributed by atoms with E-state index in [1.54, 1.807) is 6.26 Å². The average Bonchev–Trinajstić information content (AvgIpc) is 2.87. The molecule has 0 saturated carbocycles. The molecule has 2 unspecified atom stereocenters. The normalized spacial score (nSPS) is 14.4. The number of carbonyl (C=O) groups is 1. The van der Waals surface area contributed by atoms with Crippen LogP contribution in [0.15, 0.2) is 22.8 Å². The van der Waals surface area contributed by atoms with Crippen molar-refractivity contribution in [3.63, 3.8) is 0 Å². The summed E-state index contributed by atoms with van der Waals surface area (Å²) in [7, 11) is 0. The summed E-state index contributed by atoms with van der Waals surface area (Å²) in [5, 5.41) is 2.95. The smallest absolute Gasteiger partial charge is 0.220 e. The van der Waals surface area contributed by atoms with Crippen molar-refractivity contribution < 1.29 is 9.21 Å². The van der Waals surface area contributed by atoms with Gasteiger partial charge in [0.25, 0.3) is 0 Å². The minimum Gasteiger partial charge on any atom is -0.467 e. The van der Waals surface area contributed by atoms with Crippen molar-refractivity contribution in [3.8, 4) is 0 Å². The van der Waals surface area contributed by atoms with Gasteiger partial charge in [-0.25, -0.2) is 0 Å². The lowest BCUT2D eigenvalue weighted by atomic mass is 9.88. The highest BCUT2D eigenvalue weighted by molar-refractivity contribution is 5.76. The average molecular weight is 266 g/mol. The third kappa shape index (κ3) is 5.47. The molecular weight excluding hydrogens is 240 g/mol. The van der Waals surface area contributed by atoms with Gasteiger partial charge in [0.2, 0.25) is 5.91 Å². The van der Waals surface area contributed by atoms with E-state index in [0.717, 1.165) is 18.6 Å². The van der Waals surface area contributed by atoms with E-state index >= 15 is 0 Å². The fraction of sp³-hybridized carbons (Fsp3) is 0.667. The Labute approximate surface area is 115 Å². The molecule has 1 heterocycles. The molecule has 19 heavy (non-hydrogen) atoms. The topological polar surface area (TPSA) is 68.3 Å². The molecule has 1 amide bonds. The summed E-state index contributed by atoms with van der Waals surface area (Å²) in [5.74, 6) is 1.95. The summed E-state index contributed by atoms with van der Waals surface area (Å²) in [6, 6.07) is 3.62. The van der Waals surface area contributed by atoms with Gasteiger partial charge in [-0.2, -0.15) is 0 Å². The Hall–Kier alpha value is -1.29. The van der Waals surface area contributed by atoms with Crippen LogP contribution in [0.25, 0.3) is 0 Å². The minimum absolute atomic E-state index is 0.0745. The molecular formula is C15H26N2O2. The third-order valence-corrected chi connectivity index (χ3v) is 3.57. The zero-order valence-electron chi connectivity index (χ0n) is 12.2. The Bertz CT molecular complexity index is 360. The van der Waals surface area contributed by atoms with E-state index in [-0.39, 0.29) is 11.9 Å². The molecule has 4 heteroatoms. The van der Waals surface area contributed by atoms with Crippen molar-refractivity contribution in [1.82, 2.24) is 5.32 Å². The Morgan fingerprint density at radius 3 is 2.63 bits per heavy atom. The van der Waals surface area contributed by atoms with E-state index in [2.05, 4.69) is 19.2 Å². The summed E-state index contributed by atoms with van der Waals surface area (Å²) in [6.07, 6.45) is 4.05. The van der Waals surface area contributed by atoms with Gasteiger partial charge in [0.1, 0.15) is 5.76 Å². The van der Waals surface area contributed by atoms with Crippen LogP contribution in [0.5, 0.6) is 0 Å². The monoisotopic (exact) mass is 266 g/mol. The summed E-state index contributed by atoms with van der Waals surface area (Å²) in [5.41, 5.74) is 5.61. The van der Waals surface area contributed by atoms with E-state index in [0.29, 0.717) is 24.8 Å². The van der Waals surface area contributed by atoms with E-state index in [1.165, 1.54) is 0 Å². The van der Waals surface area contributed by atoms with Crippen LogP contribution in [-0.2, 0) is 4.79 Å². The second kappa shape index (κ2) is 8.00. The van der Waals surface area contributed by atoms with Crippen LogP contribution in [0.4, 0.5) is 0 Å². The van der Waals surface area contributed by atoms with Crippen molar-refractivity contribution in [3.05, 3.63) is 24.2 Å². The molecule has 0 spiro atoms. The zero-order chi connectivity index (χ0) is 14.3. The highest BCUT2D eigenvalue weighted by Gasteiger charge is 2.16. The molecule has 4 nitrogen and oxygen atoms in total. The zero-order valence-corrected chi connectivity index (χ0v) is 12.2. The van der Waals surface area contributed by atoms with Gasteiger partial charge in [-0.15, -0.1) is 0 Å². The van der Waals surface area contributed by atoms with Gasteiger partial charge >= 0.3 is 0 Å².